The Balaban J connectivity index is 2.30. The minimum atomic E-state index is -0.938. The number of amides is 2. The average Bonchev–Trinajstić information content (AvgIpc) is 2.74. The second kappa shape index (κ2) is 4.13. The molecule has 94 valence electrons. The number of likely N-dealkylation sites (tertiary alicyclic amines) is 1. The fourth-order valence-corrected chi connectivity index (χ4v) is 3.08. The van der Waals surface area contributed by atoms with Gasteiger partial charge < -0.3 is 5.11 Å². The molecule has 2 amide bonds. The van der Waals surface area contributed by atoms with Crippen molar-refractivity contribution in [3.63, 3.8) is 0 Å². The molecule has 1 unspecified atom stereocenters. The molecule has 2 rings (SSSR count). The third-order valence-corrected chi connectivity index (χ3v) is 3.86. The minimum absolute atomic E-state index is 0.114. The first-order chi connectivity index (χ1) is 7.96. The van der Waals surface area contributed by atoms with E-state index >= 15 is 0 Å². The van der Waals surface area contributed by atoms with Crippen molar-refractivity contribution in [1.29, 1.82) is 0 Å². The average molecular weight is 239 g/mol. The van der Waals surface area contributed by atoms with Crippen LogP contribution in [0.15, 0.2) is 0 Å². The van der Waals surface area contributed by atoms with E-state index in [0.717, 1.165) is 12.8 Å². The van der Waals surface area contributed by atoms with Crippen LogP contribution in [-0.2, 0) is 14.4 Å². The van der Waals surface area contributed by atoms with Crippen molar-refractivity contribution < 1.29 is 19.5 Å². The molecule has 0 spiro atoms. The Hall–Kier alpha value is -1.39. The van der Waals surface area contributed by atoms with E-state index in [0.29, 0.717) is 12.8 Å². The number of carbonyl (C=O) groups excluding carboxylic acids is 2. The Labute approximate surface area is 99.8 Å². The lowest BCUT2D eigenvalue weighted by Gasteiger charge is -2.36. The number of aliphatic carboxylic acids is 1. The van der Waals surface area contributed by atoms with E-state index in [1.54, 1.807) is 6.92 Å². The highest BCUT2D eigenvalue weighted by Gasteiger charge is 2.51. The maximum absolute atomic E-state index is 12.0. The first kappa shape index (κ1) is 12.1. The van der Waals surface area contributed by atoms with Gasteiger partial charge in [0.05, 0.1) is 12.0 Å². The van der Waals surface area contributed by atoms with Crippen molar-refractivity contribution in [3.8, 4) is 0 Å². The molecule has 2 aliphatic rings. The van der Waals surface area contributed by atoms with Crippen molar-refractivity contribution >= 4 is 17.8 Å². The summed E-state index contributed by atoms with van der Waals surface area (Å²) in [5.41, 5.74) is -0.745. The van der Waals surface area contributed by atoms with Gasteiger partial charge in [0.1, 0.15) is 0 Å². The van der Waals surface area contributed by atoms with Crippen molar-refractivity contribution in [2.75, 3.05) is 0 Å². The summed E-state index contributed by atoms with van der Waals surface area (Å²) in [6.45, 7) is 1.73. The molecule has 0 bridgehead atoms. The van der Waals surface area contributed by atoms with Gasteiger partial charge in [-0.3, -0.25) is 19.3 Å². The van der Waals surface area contributed by atoms with Gasteiger partial charge in [-0.2, -0.15) is 0 Å². The molecule has 1 N–H and O–H groups in total. The Morgan fingerprint density at radius 1 is 1.41 bits per heavy atom. The monoisotopic (exact) mass is 239 g/mol. The molecular formula is C12H17NO4. The van der Waals surface area contributed by atoms with Crippen molar-refractivity contribution in [3.05, 3.63) is 0 Å². The summed E-state index contributed by atoms with van der Waals surface area (Å²) >= 11 is 0. The molecule has 1 saturated heterocycles. The zero-order valence-electron chi connectivity index (χ0n) is 9.94. The standard InChI is InChI=1S/C12H17NO4/c1-8-6-9(14)13(11(8)17)12(7-10(15)16)4-2-3-5-12/h8H,2-7H2,1H3,(H,15,16). The molecule has 5 heteroatoms. The third kappa shape index (κ3) is 1.94. The van der Waals surface area contributed by atoms with E-state index < -0.39 is 11.5 Å². The predicted molar refractivity (Wildman–Crippen MR) is 59.1 cm³/mol. The van der Waals surface area contributed by atoms with Gasteiger partial charge in [-0.15, -0.1) is 0 Å². The number of hydrogen-bond acceptors (Lipinski definition) is 3. The Morgan fingerprint density at radius 2 is 2.00 bits per heavy atom. The molecule has 5 nitrogen and oxygen atoms in total. The smallest absolute Gasteiger partial charge is 0.305 e. The largest absolute Gasteiger partial charge is 0.481 e. The van der Waals surface area contributed by atoms with Crippen LogP contribution in [0.2, 0.25) is 0 Å². The summed E-state index contributed by atoms with van der Waals surface area (Å²) in [6.07, 6.45) is 3.14. The minimum Gasteiger partial charge on any atom is -0.481 e. The lowest BCUT2D eigenvalue weighted by Crippen LogP contribution is -2.51. The third-order valence-electron chi connectivity index (χ3n) is 3.86. The SMILES string of the molecule is CC1CC(=O)N(C2(CC(=O)O)CCCC2)C1=O. The summed E-state index contributed by atoms with van der Waals surface area (Å²) in [5, 5.41) is 8.99. The number of carboxylic acids is 1. The molecule has 0 radical (unpaired) electrons. The molecule has 17 heavy (non-hydrogen) atoms. The Bertz CT molecular complexity index is 371. The van der Waals surface area contributed by atoms with Gasteiger partial charge in [0.15, 0.2) is 0 Å². The van der Waals surface area contributed by atoms with Crippen LogP contribution < -0.4 is 0 Å². The number of imide groups is 1. The van der Waals surface area contributed by atoms with Gasteiger partial charge in [0.25, 0.3) is 0 Å². The van der Waals surface area contributed by atoms with Crippen LogP contribution in [0.3, 0.4) is 0 Å². The second-order valence-corrected chi connectivity index (χ2v) is 5.17. The maximum Gasteiger partial charge on any atom is 0.305 e. The van der Waals surface area contributed by atoms with Crippen molar-refractivity contribution in [1.82, 2.24) is 4.90 Å². The highest BCUT2D eigenvalue weighted by Crippen LogP contribution is 2.41. The molecular weight excluding hydrogens is 222 g/mol. The molecule has 1 heterocycles. The van der Waals surface area contributed by atoms with Crippen molar-refractivity contribution in [2.45, 2.75) is 51.0 Å². The van der Waals surface area contributed by atoms with Crippen LogP contribution in [0.25, 0.3) is 0 Å². The molecule has 1 atom stereocenters. The Morgan fingerprint density at radius 3 is 2.41 bits per heavy atom. The summed E-state index contributed by atoms with van der Waals surface area (Å²) in [5.74, 6) is -1.63. The van der Waals surface area contributed by atoms with Gasteiger partial charge in [-0.05, 0) is 12.8 Å². The van der Waals surface area contributed by atoms with Gasteiger partial charge in [-0.1, -0.05) is 19.8 Å². The number of nitrogens with zero attached hydrogens (tertiary/aromatic N) is 1. The topological polar surface area (TPSA) is 74.7 Å². The van der Waals surface area contributed by atoms with Crippen LogP contribution in [-0.4, -0.2) is 33.3 Å². The molecule has 0 aromatic carbocycles. The summed E-state index contributed by atoms with van der Waals surface area (Å²) in [4.78, 5) is 36.1. The van der Waals surface area contributed by atoms with Crippen LogP contribution in [0, 0.1) is 5.92 Å². The maximum atomic E-state index is 12.0. The van der Waals surface area contributed by atoms with Gasteiger partial charge in [-0.25, -0.2) is 0 Å². The van der Waals surface area contributed by atoms with E-state index in [-0.39, 0.29) is 30.6 Å². The fraction of sp³-hybridized carbons (Fsp3) is 0.750. The first-order valence-corrected chi connectivity index (χ1v) is 6.05. The predicted octanol–water partition coefficient (Wildman–Crippen LogP) is 1.17. The normalized spacial score (nSPS) is 27.8. The molecule has 1 saturated carbocycles. The van der Waals surface area contributed by atoms with Gasteiger partial charge in [0.2, 0.25) is 11.8 Å². The van der Waals surface area contributed by atoms with Crippen LogP contribution in [0.1, 0.15) is 45.4 Å². The number of carbonyl (C=O) groups is 3. The zero-order valence-corrected chi connectivity index (χ0v) is 9.94. The van der Waals surface area contributed by atoms with Crippen LogP contribution >= 0.6 is 0 Å². The first-order valence-electron chi connectivity index (χ1n) is 6.05. The summed E-state index contributed by atoms with van der Waals surface area (Å²) < 4.78 is 0. The zero-order chi connectivity index (χ0) is 12.6. The number of hydrogen-bond donors (Lipinski definition) is 1. The molecule has 1 aliphatic carbocycles. The fourth-order valence-electron chi connectivity index (χ4n) is 3.08. The van der Waals surface area contributed by atoms with Crippen LogP contribution in [0.4, 0.5) is 0 Å². The highest BCUT2D eigenvalue weighted by molar-refractivity contribution is 6.04. The number of carboxylic acid groups (broad SMARTS) is 1. The van der Waals surface area contributed by atoms with Crippen molar-refractivity contribution in [2.24, 2.45) is 5.92 Å². The second-order valence-electron chi connectivity index (χ2n) is 5.17. The molecule has 0 aromatic heterocycles. The Kier molecular flexibility index (Phi) is 2.93. The van der Waals surface area contributed by atoms with Crippen LogP contribution in [0.5, 0.6) is 0 Å². The lowest BCUT2D eigenvalue weighted by atomic mass is 9.91. The van der Waals surface area contributed by atoms with E-state index in [4.69, 9.17) is 5.11 Å². The van der Waals surface area contributed by atoms with E-state index in [1.165, 1.54) is 4.90 Å². The van der Waals surface area contributed by atoms with E-state index in [2.05, 4.69) is 0 Å². The number of rotatable bonds is 3. The molecule has 2 fully saturated rings. The highest BCUT2D eigenvalue weighted by atomic mass is 16.4. The summed E-state index contributed by atoms with van der Waals surface area (Å²) in [7, 11) is 0. The summed E-state index contributed by atoms with van der Waals surface area (Å²) in [6, 6.07) is 0. The van der Waals surface area contributed by atoms with E-state index in [1.807, 2.05) is 0 Å². The molecule has 0 aromatic rings. The molecule has 1 aliphatic heterocycles. The quantitative estimate of drug-likeness (QED) is 0.750. The van der Waals surface area contributed by atoms with Gasteiger partial charge >= 0.3 is 5.97 Å². The lowest BCUT2D eigenvalue weighted by molar-refractivity contribution is -0.150. The van der Waals surface area contributed by atoms with Gasteiger partial charge in [0, 0.05) is 12.3 Å². The van der Waals surface area contributed by atoms with E-state index in [9.17, 15) is 14.4 Å².